The Kier molecular flexibility index (Phi) is 5.82. The fourth-order valence-corrected chi connectivity index (χ4v) is 1.43. The van der Waals surface area contributed by atoms with Crippen LogP contribution in [0.3, 0.4) is 0 Å². The van der Waals surface area contributed by atoms with E-state index in [1.807, 2.05) is 53.0 Å². The molecular weight excluding hydrogens is 267 g/mol. The molecule has 0 bridgehead atoms. The summed E-state index contributed by atoms with van der Waals surface area (Å²) in [6.07, 6.45) is 0. The van der Waals surface area contributed by atoms with Crippen LogP contribution in [-0.4, -0.2) is 18.5 Å². The van der Waals surface area contributed by atoms with Crippen molar-refractivity contribution in [3.8, 4) is 5.06 Å². The molecule has 0 saturated heterocycles. The molecule has 0 N–H and O–H groups in total. The molecule has 1 heterocycles. The number of rotatable bonds is 6. The van der Waals surface area contributed by atoms with Gasteiger partial charge >= 0.3 is 7.32 Å². The van der Waals surface area contributed by atoms with Crippen molar-refractivity contribution >= 4 is 18.7 Å². The van der Waals surface area contributed by atoms with Gasteiger partial charge in [-0.05, 0) is 59.1 Å². The van der Waals surface area contributed by atoms with Crippen molar-refractivity contribution in [1.82, 2.24) is 0 Å². The first-order valence-electron chi connectivity index (χ1n) is 6.05. The van der Waals surface area contributed by atoms with E-state index >= 15 is 0 Å². The second-order valence-corrected chi connectivity index (χ2v) is 6.83. The van der Waals surface area contributed by atoms with Crippen molar-refractivity contribution in [2.75, 3.05) is 0 Å². The second-order valence-electron chi connectivity index (χ2n) is 5.92. The molecule has 1 aromatic heterocycles. The molecule has 0 saturated carbocycles. The summed E-state index contributed by atoms with van der Waals surface area (Å²) >= 11 is 1.42. The van der Waals surface area contributed by atoms with Gasteiger partial charge in [0.15, 0.2) is 5.06 Å². The zero-order chi connectivity index (χ0) is 14.5. The van der Waals surface area contributed by atoms with Crippen LogP contribution in [0.5, 0.6) is 5.06 Å². The van der Waals surface area contributed by atoms with Gasteiger partial charge in [-0.1, -0.05) is 0 Å². The summed E-state index contributed by atoms with van der Waals surface area (Å²) < 4.78 is 5.47. The largest absolute Gasteiger partial charge is 0.771 e. The summed E-state index contributed by atoms with van der Waals surface area (Å²) in [6, 6.07) is 3.67. The molecule has 1 rings (SSSR count). The molecule has 0 fully saturated rings. The Hall–Kier alpha value is -0.595. The van der Waals surface area contributed by atoms with Crippen LogP contribution in [0, 0.1) is 0 Å². The van der Waals surface area contributed by atoms with Gasteiger partial charge in [-0.2, -0.15) is 0 Å². The van der Waals surface area contributed by atoms with Crippen molar-refractivity contribution in [2.24, 2.45) is 0 Å². The maximum absolute atomic E-state index is 5.47. The van der Waals surface area contributed by atoms with Crippen molar-refractivity contribution in [3.63, 3.8) is 0 Å². The van der Waals surface area contributed by atoms with Crippen molar-refractivity contribution in [2.45, 2.75) is 52.7 Å². The van der Waals surface area contributed by atoms with Crippen LogP contribution in [-0.2, 0) is 19.4 Å². The number of hydrogen-bond acceptors (Lipinski definition) is 6. The summed E-state index contributed by atoms with van der Waals surface area (Å²) in [7, 11) is -1.09. The zero-order valence-electron chi connectivity index (χ0n) is 12.3. The highest BCUT2D eigenvalue weighted by Gasteiger charge is 2.32. The molecule has 0 spiro atoms. The van der Waals surface area contributed by atoms with Crippen LogP contribution < -0.4 is 4.65 Å². The average Bonchev–Trinajstić information content (AvgIpc) is 2.72. The lowest BCUT2D eigenvalue weighted by Crippen LogP contribution is -2.36. The second kappa shape index (κ2) is 6.72. The Labute approximate surface area is 118 Å². The summed E-state index contributed by atoms with van der Waals surface area (Å²) in [5, 5.41) is 2.54. The van der Waals surface area contributed by atoms with E-state index in [9.17, 15) is 0 Å². The molecule has 0 aromatic carbocycles. The third-order valence-corrected chi connectivity index (χ3v) is 2.22. The molecule has 0 unspecified atom stereocenters. The van der Waals surface area contributed by atoms with Gasteiger partial charge in [0.05, 0.1) is 11.2 Å². The monoisotopic (exact) mass is 288 g/mol. The maximum Gasteiger partial charge on any atom is 0.771 e. The Morgan fingerprint density at radius 2 is 1.47 bits per heavy atom. The molecule has 7 heteroatoms. The van der Waals surface area contributed by atoms with E-state index < -0.39 is 18.5 Å². The standard InChI is InChI=1S/C12H21BO5S/c1-11(2,3)15-17-13(18-16-12(4,5)6)14-10-8-7-9-19-10/h7-9H,1-6H3. The van der Waals surface area contributed by atoms with Gasteiger partial charge in [-0.15, -0.1) is 11.3 Å². The molecule has 0 radical (unpaired) electrons. The van der Waals surface area contributed by atoms with E-state index in [-0.39, 0.29) is 0 Å². The third kappa shape index (κ3) is 8.23. The molecule has 108 valence electrons. The molecule has 0 atom stereocenters. The van der Waals surface area contributed by atoms with E-state index in [0.29, 0.717) is 5.06 Å². The van der Waals surface area contributed by atoms with Gasteiger partial charge in [0.25, 0.3) is 0 Å². The molecule has 0 aliphatic rings. The quantitative estimate of drug-likeness (QED) is 0.454. The molecule has 0 amide bonds. The average molecular weight is 288 g/mol. The highest BCUT2D eigenvalue weighted by Crippen LogP contribution is 2.21. The van der Waals surface area contributed by atoms with E-state index in [4.69, 9.17) is 24.0 Å². The van der Waals surface area contributed by atoms with Gasteiger partial charge in [-0.3, -0.25) is 0 Å². The van der Waals surface area contributed by atoms with Crippen LogP contribution in [0.1, 0.15) is 41.5 Å². The van der Waals surface area contributed by atoms with Crippen molar-refractivity contribution in [3.05, 3.63) is 17.5 Å². The fraction of sp³-hybridized carbons (Fsp3) is 0.667. The van der Waals surface area contributed by atoms with Crippen LogP contribution in [0.4, 0.5) is 0 Å². The lowest BCUT2D eigenvalue weighted by molar-refractivity contribution is -0.350. The minimum atomic E-state index is -1.09. The Bertz CT molecular complexity index is 337. The van der Waals surface area contributed by atoms with E-state index in [1.165, 1.54) is 11.3 Å². The minimum Gasteiger partial charge on any atom is -0.501 e. The van der Waals surface area contributed by atoms with Gasteiger partial charge in [0.2, 0.25) is 0 Å². The first kappa shape index (κ1) is 16.5. The summed E-state index contributed by atoms with van der Waals surface area (Å²) in [5.41, 5.74) is -0.940. The van der Waals surface area contributed by atoms with Crippen LogP contribution in [0.25, 0.3) is 0 Å². The van der Waals surface area contributed by atoms with Gasteiger partial charge in [-0.25, -0.2) is 19.4 Å². The van der Waals surface area contributed by atoms with Gasteiger partial charge in [0.1, 0.15) is 0 Å². The van der Waals surface area contributed by atoms with Crippen LogP contribution in [0.15, 0.2) is 17.5 Å². The van der Waals surface area contributed by atoms with Gasteiger partial charge < -0.3 is 4.65 Å². The highest BCUT2D eigenvalue weighted by atomic mass is 32.1. The SMILES string of the molecule is CC(C)(C)OOB(OOC(C)(C)C)Oc1cccs1. The van der Waals surface area contributed by atoms with E-state index in [2.05, 4.69) is 0 Å². The van der Waals surface area contributed by atoms with E-state index in [0.717, 1.165) is 0 Å². The normalized spacial score (nSPS) is 12.5. The molecule has 0 aliphatic heterocycles. The lowest BCUT2D eigenvalue weighted by atomic mass is 10.2. The molecule has 1 aromatic rings. The maximum atomic E-state index is 5.47. The minimum absolute atomic E-state index is 0.470. The van der Waals surface area contributed by atoms with E-state index in [1.54, 1.807) is 6.07 Å². The smallest absolute Gasteiger partial charge is 0.501 e. The Balaban J connectivity index is 2.52. The number of thiophene rings is 1. The lowest BCUT2D eigenvalue weighted by Gasteiger charge is -2.23. The molecule has 19 heavy (non-hydrogen) atoms. The van der Waals surface area contributed by atoms with Crippen LogP contribution >= 0.6 is 11.3 Å². The zero-order valence-corrected chi connectivity index (χ0v) is 13.1. The van der Waals surface area contributed by atoms with Crippen molar-refractivity contribution < 1.29 is 24.0 Å². The highest BCUT2D eigenvalue weighted by molar-refractivity contribution is 7.12. The molecular formula is C12H21BO5S. The Morgan fingerprint density at radius 1 is 0.947 bits per heavy atom. The number of hydrogen-bond donors (Lipinski definition) is 0. The first-order valence-corrected chi connectivity index (χ1v) is 6.93. The fourth-order valence-electron chi connectivity index (χ4n) is 0.848. The van der Waals surface area contributed by atoms with Crippen LogP contribution in [0.2, 0.25) is 0 Å². The van der Waals surface area contributed by atoms with Crippen molar-refractivity contribution in [1.29, 1.82) is 0 Å². The molecule has 5 nitrogen and oxygen atoms in total. The predicted octanol–water partition coefficient (Wildman–Crippen LogP) is 3.61. The first-order chi connectivity index (χ1) is 8.66. The summed E-state index contributed by atoms with van der Waals surface area (Å²) in [4.78, 5) is 20.6. The van der Waals surface area contributed by atoms with Gasteiger partial charge in [0, 0.05) is 0 Å². The third-order valence-electron chi connectivity index (χ3n) is 1.46. The Morgan fingerprint density at radius 3 is 1.84 bits per heavy atom. The topological polar surface area (TPSA) is 46.2 Å². The molecule has 0 aliphatic carbocycles. The summed E-state index contributed by atoms with van der Waals surface area (Å²) in [5.74, 6) is 0. The summed E-state index contributed by atoms with van der Waals surface area (Å²) in [6.45, 7) is 11.2. The predicted molar refractivity (Wildman–Crippen MR) is 74.5 cm³/mol.